The Hall–Kier alpha value is -0.610. The molecule has 0 spiro atoms. The molecule has 116 valence electrons. The molecule has 2 heterocycles. The monoisotopic (exact) mass is 281 g/mol. The predicted octanol–water partition coefficient (Wildman–Crippen LogP) is 1.61. The van der Waals surface area contributed by atoms with Gasteiger partial charge in [-0.05, 0) is 51.6 Å². The van der Waals surface area contributed by atoms with E-state index in [1.807, 2.05) is 0 Å². The van der Waals surface area contributed by atoms with Gasteiger partial charge in [0.05, 0.1) is 0 Å². The Morgan fingerprint density at radius 1 is 1.25 bits per heavy atom. The van der Waals surface area contributed by atoms with Crippen molar-refractivity contribution in [1.29, 1.82) is 0 Å². The summed E-state index contributed by atoms with van der Waals surface area (Å²) >= 11 is 0. The van der Waals surface area contributed by atoms with Crippen molar-refractivity contribution in [2.24, 2.45) is 11.8 Å². The van der Waals surface area contributed by atoms with Crippen LogP contribution in [0.2, 0.25) is 0 Å². The topological polar surface area (TPSA) is 44.4 Å². The van der Waals surface area contributed by atoms with Crippen LogP contribution >= 0.6 is 0 Å². The van der Waals surface area contributed by atoms with Gasteiger partial charge in [0.15, 0.2) is 0 Å². The Bertz CT molecular complexity index is 310. The van der Waals surface area contributed by atoms with Crippen molar-refractivity contribution in [2.75, 3.05) is 20.6 Å². The first-order valence-corrected chi connectivity index (χ1v) is 8.15. The zero-order chi connectivity index (χ0) is 14.7. The van der Waals surface area contributed by atoms with Crippen LogP contribution in [0.1, 0.15) is 46.0 Å². The van der Waals surface area contributed by atoms with Crippen LogP contribution < -0.4 is 10.6 Å². The third-order valence-electron chi connectivity index (χ3n) is 4.99. The second kappa shape index (κ2) is 6.90. The van der Waals surface area contributed by atoms with Crippen molar-refractivity contribution in [1.82, 2.24) is 15.5 Å². The highest BCUT2D eigenvalue weighted by Gasteiger charge is 2.34. The summed E-state index contributed by atoms with van der Waals surface area (Å²) in [6, 6.07) is 1.77. The summed E-state index contributed by atoms with van der Waals surface area (Å²) in [5.74, 6) is 1.38. The van der Waals surface area contributed by atoms with E-state index in [0.717, 1.165) is 6.54 Å². The molecule has 0 saturated carbocycles. The summed E-state index contributed by atoms with van der Waals surface area (Å²) in [6.45, 7) is 5.18. The quantitative estimate of drug-likeness (QED) is 0.777. The van der Waals surface area contributed by atoms with Gasteiger partial charge in [0.25, 0.3) is 0 Å². The minimum Gasteiger partial charge on any atom is -0.355 e. The molecule has 3 atom stereocenters. The molecule has 2 aliphatic rings. The Morgan fingerprint density at radius 3 is 2.35 bits per heavy atom. The van der Waals surface area contributed by atoms with E-state index >= 15 is 0 Å². The maximum absolute atomic E-state index is 12.1. The molecule has 4 heteroatoms. The highest BCUT2D eigenvalue weighted by atomic mass is 16.1. The summed E-state index contributed by atoms with van der Waals surface area (Å²) < 4.78 is 0. The lowest BCUT2D eigenvalue weighted by molar-refractivity contribution is -0.122. The first-order chi connectivity index (χ1) is 9.45. The second-order valence-corrected chi connectivity index (χ2v) is 7.26. The number of piperidine rings is 1. The first kappa shape index (κ1) is 15.8. The number of rotatable bonds is 6. The molecule has 2 aliphatic heterocycles. The summed E-state index contributed by atoms with van der Waals surface area (Å²) in [4.78, 5) is 14.3. The number of likely N-dealkylation sites (N-methyl/N-ethyl adjacent to an activating group) is 1. The lowest BCUT2D eigenvalue weighted by atomic mass is 9.89. The van der Waals surface area contributed by atoms with Crippen LogP contribution in [0.5, 0.6) is 0 Å². The van der Waals surface area contributed by atoms with Crippen molar-refractivity contribution >= 4 is 5.91 Å². The molecule has 2 saturated heterocycles. The number of fused-ring (bicyclic) bond motifs is 2. The molecule has 4 nitrogen and oxygen atoms in total. The highest BCUT2D eigenvalue weighted by Crippen LogP contribution is 2.32. The average Bonchev–Trinajstić information content (AvgIpc) is 2.68. The third kappa shape index (κ3) is 4.19. The largest absolute Gasteiger partial charge is 0.355 e. The van der Waals surface area contributed by atoms with E-state index in [1.54, 1.807) is 0 Å². The van der Waals surface area contributed by atoms with E-state index in [1.165, 1.54) is 25.7 Å². The smallest absolute Gasteiger partial charge is 0.220 e. The van der Waals surface area contributed by atoms with Gasteiger partial charge in [-0.15, -0.1) is 0 Å². The number of amides is 1. The normalized spacial score (nSPS) is 30.8. The first-order valence-electron chi connectivity index (χ1n) is 8.15. The molecule has 2 rings (SSSR count). The van der Waals surface area contributed by atoms with Crippen LogP contribution in [-0.2, 0) is 4.79 Å². The number of carbonyl (C=O) groups is 1. The Kier molecular flexibility index (Phi) is 5.44. The SMILES string of the molecule is CC(C)C(CNC(=O)CC1CC2CCC(C1)N2)N(C)C. The summed E-state index contributed by atoms with van der Waals surface area (Å²) in [5.41, 5.74) is 0. The van der Waals surface area contributed by atoms with E-state index in [2.05, 4.69) is 43.5 Å². The van der Waals surface area contributed by atoms with Crippen LogP contribution in [0, 0.1) is 11.8 Å². The lowest BCUT2D eigenvalue weighted by Crippen LogP contribution is -2.44. The lowest BCUT2D eigenvalue weighted by Gasteiger charge is -2.30. The fourth-order valence-electron chi connectivity index (χ4n) is 3.91. The van der Waals surface area contributed by atoms with Gasteiger partial charge in [-0.1, -0.05) is 13.8 Å². The van der Waals surface area contributed by atoms with E-state index in [9.17, 15) is 4.79 Å². The van der Waals surface area contributed by atoms with Gasteiger partial charge < -0.3 is 15.5 Å². The maximum Gasteiger partial charge on any atom is 0.220 e. The van der Waals surface area contributed by atoms with E-state index in [4.69, 9.17) is 0 Å². The second-order valence-electron chi connectivity index (χ2n) is 7.26. The molecule has 20 heavy (non-hydrogen) atoms. The molecular formula is C16H31N3O. The van der Waals surface area contributed by atoms with Crippen LogP contribution in [0.3, 0.4) is 0 Å². The number of nitrogens with zero attached hydrogens (tertiary/aromatic N) is 1. The molecule has 0 radical (unpaired) electrons. The molecule has 3 unspecified atom stereocenters. The number of hydrogen-bond acceptors (Lipinski definition) is 3. The average molecular weight is 281 g/mol. The Balaban J connectivity index is 1.72. The van der Waals surface area contributed by atoms with Crippen LogP contribution in [0.4, 0.5) is 0 Å². The summed E-state index contributed by atoms with van der Waals surface area (Å²) in [7, 11) is 4.17. The van der Waals surface area contributed by atoms with Gasteiger partial charge in [-0.3, -0.25) is 4.79 Å². The third-order valence-corrected chi connectivity index (χ3v) is 4.99. The standard InChI is InChI=1S/C16H31N3O/c1-11(2)15(19(3)4)10-17-16(20)9-12-7-13-5-6-14(8-12)18-13/h11-15,18H,5-10H2,1-4H3,(H,17,20). The Morgan fingerprint density at radius 2 is 1.85 bits per heavy atom. The van der Waals surface area contributed by atoms with Gasteiger partial charge in [0.1, 0.15) is 0 Å². The summed E-state index contributed by atoms with van der Waals surface area (Å²) in [6.07, 6.45) is 5.70. The van der Waals surface area contributed by atoms with Crippen molar-refractivity contribution in [3.8, 4) is 0 Å². The zero-order valence-electron chi connectivity index (χ0n) is 13.5. The van der Waals surface area contributed by atoms with Crippen molar-refractivity contribution in [3.63, 3.8) is 0 Å². The maximum atomic E-state index is 12.1. The van der Waals surface area contributed by atoms with Gasteiger partial charge in [-0.25, -0.2) is 0 Å². The highest BCUT2D eigenvalue weighted by molar-refractivity contribution is 5.76. The van der Waals surface area contributed by atoms with Crippen molar-refractivity contribution in [2.45, 2.75) is 64.1 Å². The molecule has 0 aromatic heterocycles. The van der Waals surface area contributed by atoms with Gasteiger partial charge in [0.2, 0.25) is 5.91 Å². The minimum atomic E-state index is 0.240. The molecule has 2 fully saturated rings. The minimum absolute atomic E-state index is 0.240. The molecule has 0 aliphatic carbocycles. The molecule has 0 aromatic rings. The van der Waals surface area contributed by atoms with Gasteiger partial charge in [-0.2, -0.15) is 0 Å². The number of carbonyl (C=O) groups excluding carboxylic acids is 1. The van der Waals surface area contributed by atoms with Crippen LogP contribution in [0.25, 0.3) is 0 Å². The van der Waals surface area contributed by atoms with E-state index < -0.39 is 0 Å². The predicted molar refractivity (Wildman–Crippen MR) is 82.6 cm³/mol. The summed E-state index contributed by atoms with van der Waals surface area (Å²) in [5, 5.41) is 6.78. The van der Waals surface area contributed by atoms with Gasteiger partial charge >= 0.3 is 0 Å². The van der Waals surface area contributed by atoms with Crippen LogP contribution in [0.15, 0.2) is 0 Å². The fraction of sp³-hybridized carbons (Fsp3) is 0.938. The molecule has 0 aromatic carbocycles. The fourth-order valence-corrected chi connectivity index (χ4v) is 3.91. The molecule has 2 bridgehead atoms. The number of hydrogen-bond donors (Lipinski definition) is 2. The van der Waals surface area contributed by atoms with Gasteiger partial charge in [0, 0.05) is 31.1 Å². The van der Waals surface area contributed by atoms with E-state index in [0.29, 0.717) is 36.4 Å². The molecule has 2 N–H and O–H groups in total. The zero-order valence-corrected chi connectivity index (χ0v) is 13.5. The van der Waals surface area contributed by atoms with Crippen molar-refractivity contribution < 1.29 is 4.79 Å². The van der Waals surface area contributed by atoms with Crippen molar-refractivity contribution in [3.05, 3.63) is 0 Å². The van der Waals surface area contributed by atoms with E-state index in [-0.39, 0.29) is 5.91 Å². The van der Waals surface area contributed by atoms with Crippen LogP contribution in [-0.4, -0.2) is 49.6 Å². The molecular weight excluding hydrogens is 250 g/mol. The number of nitrogens with one attached hydrogen (secondary N) is 2. The molecule has 1 amide bonds. The Labute approximate surface area is 123 Å².